The summed E-state index contributed by atoms with van der Waals surface area (Å²) < 4.78 is 7.86. The smallest absolute Gasteiger partial charge is 0.155 e. The van der Waals surface area contributed by atoms with Gasteiger partial charge >= 0.3 is 0 Å². The van der Waals surface area contributed by atoms with Gasteiger partial charge in [0.1, 0.15) is 23.7 Å². The summed E-state index contributed by atoms with van der Waals surface area (Å²) in [6.45, 7) is 3.27. The molecule has 9 nitrogen and oxygen atoms in total. The van der Waals surface area contributed by atoms with Crippen LogP contribution in [0.25, 0.3) is 28.3 Å². The molecule has 1 N–H and O–H groups in total. The minimum absolute atomic E-state index is 0.603. The second-order valence-corrected chi connectivity index (χ2v) is 9.12. The number of pyridine rings is 3. The van der Waals surface area contributed by atoms with Gasteiger partial charge in [0.2, 0.25) is 0 Å². The van der Waals surface area contributed by atoms with Crippen LogP contribution in [0.3, 0.4) is 0 Å². The average Bonchev–Trinajstić information content (AvgIpc) is 3.57. The van der Waals surface area contributed by atoms with Gasteiger partial charge in [-0.25, -0.2) is 14.5 Å². The molecule has 0 saturated heterocycles. The Morgan fingerprint density at radius 1 is 0.947 bits per heavy atom. The molecule has 0 saturated carbocycles. The van der Waals surface area contributed by atoms with Crippen LogP contribution in [0.5, 0.6) is 11.5 Å². The second kappa shape index (κ2) is 10.2. The van der Waals surface area contributed by atoms with Crippen molar-refractivity contribution < 1.29 is 4.74 Å². The van der Waals surface area contributed by atoms with E-state index < -0.39 is 0 Å². The highest BCUT2D eigenvalue weighted by atomic mass is 16.5. The number of hydrogen-bond acceptors (Lipinski definition) is 7. The molecule has 0 aliphatic heterocycles. The van der Waals surface area contributed by atoms with Crippen molar-refractivity contribution in [2.45, 2.75) is 20.0 Å². The minimum Gasteiger partial charge on any atom is -0.455 e. The Kier molecular flexibility index (Phi) is 6.33. The van der Waals surface area contributed by atoms with E-state index in [1.165, 1.54) is 0 Å². The van der Waals surface area contributed by atoms with Crippen molar-refractivity contribution in [3.63, 3.8) is 0 Å². The fourth-order valence-corrected chi connectivity index (χ4v) is 4.40. The van der Waals surface area contributed by atoms with Crippen LogP contribution < -0.4 is 4.74 Å². The first-order chi connectivity index (χ1) is 18.6. The van der Waals surface area contributed by atoms with Crippen LogP contribution in [-0.2, 0) is 13.1 Å². The Morgan fingerprint density at radius 2 is 1.87 bits per heavy atom. The van der Waals surface area contributed by atoms with Crippen molar-refractivity contribution in [1.82, 2.24) is 39.4 Å². The lowest BCUT2D eigenvalue weighted by Crippen LogP contribution is -2.18. The van der Waals surface area contributed by atoms with E-state index in [0.29, 0.717) is 18.8 Å². The second-order valence-electron chi connectivity index (χ2n) is 9.12. The third-order valence-corrected chi connectivity index (χ3v) is 6.14. The summed E-state index contributed by atoms with van der Waals surface area (Å²) >= 11 is 0. The normalized spacial score (nSPS) is 11.3. The van der Waals surface area contributed by atoms with Crippen LogP contribution >= 0.6 is 0 Å². The number of ether oxygens (including phenoxy) is 1. The molecular weight excluding hydrogens is 476 g/mol. The van der Waals surface area contributed by atoms with Crippen molar-refractivity contribution in [2.24, 2.45) is 0 Å². The molecule has 5 heterocycles. The molecule has 0 aliphatic carbocycles. The van der Waals surface area contributed by atoms with Crippen molar-refractivity contribution in [3.05, 3.63) is 109 Å². The largest absolute Gasteiger partial charge is 0.455 e. The Morgan fingerprint density at radius 3 is 2.74 bits per heavy atom. The van der Waals surface area contributed by atoms with Crippen LogP contribution in [0.2, 0.25) is 0 Å². The number of H-pyrrole nitrogens is 1. The lowest BCUT2D eigenvalue weighted by Gasteiger charge is -2.18. The van der Waals surface area contributed by atoms with Crippen molar-refractivity contribution >= 4 is 5.65 Å². The molecule has 5 aromatic heterocycles. The summed E-state index contributed by atoms with van der Waals surface area (Å²) in [6.07, 6.45) is 6.93. The van der Waals surface area contributed by atoms with E-state index in [-0.39, 0.29) is 0 Å². The summed E-state index contributed by atoms with van der Waals surface area (Å²) in [4.78, 5) is 23.9. The molecule has 6 aromatic rings. The van der Waals surface area contributed by atoms with Crippen molar-refractivity contribution in [2.75, 3.05) is 7.05 Å². The maximum Gasteiger partial charge on any atom is 0.155 e. The Hall–Kier alpha value is -4.89. The number of para-hydroxylation sites is 1. The van der Waals surface area contributed by atoms with Gasteiger partial charge in [-0.05, 0) is 56.4 Å². The van der Waals surface area contributed by atoms with E-state index in [0.717, 1.165) is 51.1 Å². The maximum absolute atomic E-state index is 6.10. The number of aromatic amines is 1. The third kappa shape index (κ3) is 5.00. The zero-order valence-electron chi connectivity index (χ0n) is 21.1. The van der Waals surface area contributed by atoms with E-state index in [9.17, 15) is 0 Å². The first-order valence-corrected chi connectivity index (χ1v) is 12.3. The summed E-state index contributed by atoms with van der Waals surface area (Å²) in [7, 11) is 2.06. The quantitative estimate of drug-likeness (QED) is 0.301. The number of imidazole rings is 1. The Balaban J connectivity index is 1.29. The van der Waals surface area contributed by atoms with Gasteiger partial charge in [-0.2, -0.15) is 5.10 Å². The number of aryl methyl sites for hydroxylation is 1. The molecule has 1 aromatic carbocycles. The number of hydrogen-bond donors (Lipinski definition) is 1. The Bertz CT molecular complexity index is 1690. The maximum atomic E-state index is 6.10. The molecule has 0 bridgehead atoms. The van der Waals surface area contributed by atoms with Gasteiger partial charge in [0.05, 0.1) is 29.8 Å². The van der Waals surface area contributed by atoms with Gasteiger partial charge in [0, 0.05) is 35.8 Å². The van der Waals surface area contributed by atoms with E-state index in [2.05, 4.69) is 38.1 Å². The molecule has 9 heteroatoms. The van der Waals surface area contributed by atoms with E-state index >= 15 is 0 Å². The van der Waals surface area contributed by atoms with E-state index in [1.807, 2.05) is 73.8 Å². The predicted molar refractivity (Wildman–Crippen MR) is 144 cm³/mol. The molecule has 38 heavy (non-hydrogen) atoms. The summed E-state index contributed by atoms with van der Waals surface area (Å²) in [5.74, 6) is 2.35. The molecule has 0 atom stereocenters. The predicted octanol–water partition coefficient (Wildman–Crippen LogP) is 5.31. The number of fused-ring (bicyclic) bond motifs is 1. The molecule has 0 aliphatic rings. The molecule has 0 spiro atoms. The minimum atomic E-state index is 0.603. The average molecular weight is 503 g/mol. The van der Waals surface area contributed by atoms with Gasteiger partial charge in [0.25, 0.3) is 0 Å². The van der Waals surface area contributed by atoms with Crippen LogP contribution in [-0.4, -0.2) is 46.5 Å². The van der Waals surface area contributed by atoms with Gasteiger partial charge < -0.3 is 9.72 Å². The number of aromatic nitrogens is 7. The lowest BCUT2D eigenvalue weighted by molar-refractivity contribution is 0.307. The van der Waals surface area contributed by atoms with Crippen LogP contribution in [0.1, 0.15) is 17.1 Å². The molecule has 0 radical (unpaired) electrons. The fourth-order valence-electron chi connectivity index (χ4n) is 4.40. The van der Waals surface area contributed by atoms with E-state index in [4.69, 9.17) is 14.7 Å². The standard InChI is InChI=1S/C29H26N8O/c1-20-7-5-10-24(33-20)29-28(22-12-13-27-31-19-32-37(27)17-22)34-26(35-29)18-36(2)16-21-8-3-4-11-25(21)38-23-9-6-14-30-15-23/h3-15,17,19H,16,18H2,1-2H3,(H,34,35). The number of benzene rings is 1. The molecular formula is C29H26N8O. The van der Waals surface area contributed by atoms with Crippen molar-refractivity contribution in [1.29, 1.82) is 0 Å². The zero-order valence-corrected chi connectivity index (χ0v) is 21.1. The van der Waals surface area contributed by atoms with E-state index in [1.54, 1.807) is 23.2 Å². The van der Waals surface area contributed by atoms with Crippen LogP contribution in [0, 0.1) is 6.92 Å². The molecule has 188 valence electrons. The number of nitrogens with one attached hydrogen (secondary N) is 1. The first kappa shape index (κ1) is 23.5. The van der Waals surface area contributed by atoms with Gasteiger partial charge in [0.15, 0.2) is 5.65 Å². The fraction of sp³-hybridized carbons (Fsp3) is 0.138. The highest BCUT2D eigenvalue weighted by molar-refractivity contribution is 5.77. The monoisotopic (exact) mass is 502 g/mol. The summed E-state index contributed by atoms with van der Waals surface area (Å²) in [6, 6.07) is 21.7. The van der Waals surface area contributed by atoms with Crippen LogP contribution in [0.4, 0.5) is 0 Å². The SMILES string of the molecule is Cc1cccc(-c2[nH]c(CN(C)Cc3ccccc3Oc3cccnc3)nc2-c2ccc3ncnn3c2)n1. The molecule has 0 fully saturated rings. The first-order valence-electron chi connectivity index (χ1n) is 12.3. The van der Waals surface area contributed by atoms with Gasteiger partial charge in [-0.3, -0.25) is 14.9 Å². The van der Waals surface area contributed by atoms with Crippen LogP contribution in [0.15, 0.2) is 91.6 Å². The topological polar surface area (TPSA) is 97.1 Å². The zero-order chi connectivity index (χ0) is 25.9. The highest BCUT2D eigenvalue weighted by Gasteiger charge is 2.18. The number of rotatable bonds is 8. The number of nitrogens with zero attached hydrogens (tertiary/aromatic N) is 7. The summed E-state index contributed by atoms with van der Waals surface area (Å²) in [5.41, 5.74) is 6.27. The third-order valence-electron chi connectivity index (χ3n) is 6.14. The molecule has 0 unspecified atom stereocenters. The van der Waals surface area contributed by atoms with Crippen molar-refractivity contribution in [3.8, 4) is 34.1 Å². The summed E-state index contributed by atoms with van der Waals surface area (Å²) in [5, 5.41) is 4.29. The lowest BCUT2D eigenvalue weighted by atomic mass is 10.1. The molecule has 6 rings (SSSR count). The van der Waals surface area contributed by atoms with Gasteiger partial charge in [-0.1, -0.05) is 24.3 Å². The Labute approximate surface area is 219 Å². The molecule has 0 amide bonds. The van der Waals surface area contributed by atoms with Gasteiger partial charge in [-0.15, -0.1) is 0 Å². The highest BCUT2D eigenvalue weighted by Crippen LogP contribution is 2.30.